The van der Waals surface area contributed by atoms with Gasteiger partial charge in [-0.25, -0.2) is 9.69 Å². The first-order valence-corrected chi connectivity index (χ1v) is 19.8. The van der Waals surface area contributed by atoms with Crippen LogP contribution in [0.5, 0.6) is 5.75 Å². The van der Waals surface area contributed by atoms with E-state index in [9.17, 15) is 29.7 Å². The van der Waals surface area contributed by atoms with Gasteiger partial charge < -0.3 is 30.1 Å². The van der Waals surface area contributed by atoms with Crippen molar-refractivity contribution in [3.63, 3.8) is 0 Å². The number of aliphatic carboxylic acids is 1. The third-order valence-corrected chi connectivity index (χ3v) is 11.6. The van der Waals surface area contributed by atoms with Crippen LogP contribution in [0.4, 0.5) is 10.5 Å². The number of urea groups is 1. The molecule has 7 atom stereocenters. The van der Waals surface area contributed by atoms with Gasteiger partial charge in [0.25, 0.3) is 0 Å². The molecule has 0 saturated carbocycles. The van der Waals surface area contributed by atoms with Crippen LogP contribution in [0.2, 0.25) is 0 Å². The highest BCUT2D eigenvalue weighted by molar-refractivity contribution is 6.24. The van der Waals surface area contributed by atoms with E-state index in [1.165, 1.54) is 0 Å². The molecular formula is C48H43N3O9. The first-order valence-electron chi connectivity index (χ1n) is 19.8. The molecular weight excluding hydrogens is 763 g/mol. The lowest BCUT2D eigenvalue weighted by Gasteiger charge is -2.46. The Kier molecular flexibility index (Phi) is 11.2. The standard InChI is InChI=1S/C48H43N3O9/c1-30(32-15-5-2-6-16-32)49-47(58)50-38-24-23-31(14-11-12-25-52)28-37(38)48(46(50)57)39(44(54)55)41-45(56)60-42(34-19-9-4-10-20-34)40(33-17-7-3-8-18-33)51(41)43(48)35-21-13-22-36(29-35)59-27-26-53/h2-10,13,15-24,28-30,39-43,52-53H,12,25-27H2,1H3,(H,49,58)(H,54,55)/t30-,39+,40+,41+,42-,43-,48+/m1/s1. The van der Waals surface area contributed by atoms with Crippen LogP contribution in [0.3, 0.4) is 0 Å². The molecule has 0 radical (unpaired) electrons. The summed E-state index contributed by atoms with van der Waals surface area (Å²) in [5, 5.41) is 33.7. The van der Waals surface area contributed by atoms with Gasteiger partial charge in [0.1, 0.15) is 35.8 Å². The number of morpholine rings is 1. The fourth-order valence-corrected chi connectivity index (χ4v) is 9.20. The Balaban J connectivity index is 1.42. The molecule has 12 heteroatoms. The van der Waals surface area contributed by atoms with Crippen molar-refractivity contribution in [1.29, 1.82) is 0 Å². The van der Waals surface area contributed by atoms with E-state index >= 15 is 4.79 Å². The van der Waals surface area contributed by atoms with Gasteiger partial charge in [-0.15, -0.1) is 0 Å². The van der Waals surface area contributed by atoms with Crippen LogP contribution < -0.4 is 15.0 Å². The monoisotopic (exact) mass is 805 g/mol. The predicted octanol–water partition coefficient (Wildman–Crippen LogP) is 6.01. The number of amides is 3. The maximum atomic E-state index is 16.0. The van der Waals surface area contributed by atoms with Crippen molar-refractivity contribution in [2.75, 3.05) is 24.7 Å². The largest absolute Gasteiger partial charge is 0.491 e. The number of carbonyl (C=O) groups excluding carboxylic acids is 3. The van der Waals surface area contributed by atoms with Crippen LogP contribution >= 0.6 is 0 Å². The molecule has 0 aliphatic carbocycles. The third kappa shape index (κ3) is 6.86. The molecule has 5 aromatic rings. The van der Waals surface area contributed by atoms with Crippen molar-refractivity contribution in [3.05, 3.63) is 167 Å². The van der Waals surface area contributed by atoms with E-state index in [0.717, 1.165) is 10.5 Å². The van der Waals surface area contributed by atoms with Gasteiger partial charge in [-0.3, -0.25) is 19.3 Å². The fourth-order valence-electron chi connectivity index (χ4n) is 9.20. The molecule has 0 bridgehead atoms. The number of fused-ring (bicyclic) bond motifs is 3. The summed E-state index contributed by atoms with van der Waals surface area (Å²) in [7, 11) is 0. The molecule has 5 aromatic carbocycles. The Bertz CT molecular complexity index is 2470. The summed E-state index contributed by atoms with van der Waals surface area (Å²) >= 11 is 0. The zero-order chi connectivity index (χ0) is 42.0. The van der Waals surface area contributed by atoms with E-state index in [0.29, 0.717) is 28.0 Å². The predicted molar refractivity (Wildman–Crippen MR) is 221 cm³/mol. The number of nitrogens with zero attached hydrogens (tertiary/aromatic N) is 2. The van der Waals surface area contributed by atoms with Crippen LogP contribution in [-0.2, 0) is 24.5 Å². The number of anilines is 1. The van der Waals surface area contributed by atoms with E-state index in [1.807, 2.05) is 91.0 Å². The molecule has 60 heavy (non-hydrogen) atoms. The zero-order valence-electron chi connectivity index (χ0n) is 32.7. The molecule has 12 nitrogen and oxygen atoms in total. The van der Waals surface area contributed by atoms with E-state index in [2.05, 4.69) is 17.2 Å². The highest BCUT2D eigenvalue weighted by Crippen LogP contribution is 2.66. The number of hydrogen-bond donors (Lipinski definition) is 4. The topological polar surface area (TPSA) is 166 Å². The van der Waals surface area contributed by atoms with Gasteiger partial charge in [-0.05, 0) is 65.1 Å². The van der Waals surface area contributed by atoms with Crippen molar-refractivity contribution < 1.29 is 44.0 Å². The summed E-state index contributed by atoms with van der Waals surface area (Å²) in [4.78, 5) is 62.5. The summed E-state index contributed by atoms with van der Waals surface area (Å²) in [5.74, 6) is 1.34. The molecule has 1 spiro atoms. The summed E-state index contributed by atoms with van der Waals surface area (Å²) < 4.78 is 12.2. The Morgan fingerprint density at radius 3 is 2.15 bits per heavy atom. The number of esters is 1. The number of aliphatic hydroxyl groups is 2. The number of cyclic esters (lactones) is 1. The molecule has 4 N–H and O–H groups in total. The van der Waals surface area contributed by atoms with Crippen LogP contribution in [0, 0.1) is 17.8 Å². The van der Waals surface area contributed by atoms with Crippen LogP contribution in [0.1, 0.15) is 71.0 Å². The number of imide groups is 1. The minimum Gasteiger partial charge on any atom is -0.491 e. The first-order chi connectivity index (χ1) is 29.2. The summed E-state index contributed by atoms with van der Waals surface area (Å²) in [5.41, 5.74) is 1.14. The normalized spacial score (nSPS) is 23.5. The van der Waals surface area contributed by atoms with E-state index < -0.39 is 65.5 Å². The van der Waals surface area contributed by atoms with Crippen LogP contribution in [-0.4, -0.2) is 70.0 Å². The highest BCUT2D eigenvalue weighted by atomic mass is 16.6. The SMILES string of the molecule is C[C@@H](NC(=O)N1C(=O)[C@@]2(c3cc(C#CCCO)ccc31)[C@H](C(=O)O)[C@H]1C(=O)O[C@H](c3ccccc3)[C@H](c3ccccc3)N1[C@@H]2c1cccc(OCCO)c1)c1ccccc1. The number of ether oxygens (including phenoxy) is 2. The fraction of sp³-hybridized carbons (Fsp3) is 0.250. The molecule has 0 aromatic heterocycles. The number of nitrogens with one attached hydrogen (secondary N) is 1. The summed E-state index contributed by atoms with van der Waals surface area (Å²) in [6.07, 6.45) is -0.786. The molecule has 8 rings (SSSR count). The Labute approximate surface area is 347 Å². The molecule has 2 fully saturated rings. The third-order valence-electron chi connectivity index (χ3n) is 11.6. The average Bonchev–Trinajstić information content (AvgIpc) is 3.73. The molecule has 0 unspecified atom stereocenters. The lowest BCUT2D eigenvalue weighted by molar-refractivity contribution is -0.179. The smallest absolute Gasteiger partial charge is 0.329 e. The Morgan fingerprint density at radius 2 is 1.48 bits per heavy atom. The number of rotatable bonds is 10. The molecule has 3 aliphatic rings. The minimum atomic E-state index is -2.15. The van der Waals surface area contributed by atoms with E-state index in [4.69, 9.17) is 9.47 Å². The highest BCUT2D eigenvalue weighted by Gasteiger charge is 2.76. The minimum absolute atomic E-state index is 0.0381. The molecule has 3 aliphatic heterocycles. The number of carboxylic acid groups (broad SMARTS) is 1. The Hall–Kier alpha value is -6.78. The molecule has 3 amide bonds. The second kappa shape index (κ2) is 16.8. The zero-order valence-corrected chi connectivity index (χ0v) is 32.7. The van der Waals surface area contributed by atoms with Crippen molar-refractivity contribution in [3.8, 4) is 17.6 Å². The lowest BCUT2D eigenvalue weighted by Crippen LogP contribution is -2.54. The van der Waals surface area contributed by atoms with Crippen LogP contribution in [0.15, 0.2) is 133 Å². The maximum Gasteiger partial charge on any atom is 0.329 e. The quantitative estimate of drug-likeness (QED) is 0.0970. The number of carboxylic acids is 1. The van der Waals surface area contributed by atoms with Crippen molar-refractivity contribution in [2.24, 2.45) is 5.92 Å². The van der Waals surface area contributed by atoms with Crippen LogP contribution in [0.25, 0.3) is 0 Å². The average molecular weight is 806 g/mol. The number of hydrogen-bond acceptors (Lipinski definition) is 9. The second-order valence-electron chi connectivity index (χ2n) is 15.0. The second-order valence-corrected chi connectivity index (χ2v) is 15.0. The van der Waals surface area contributed by atoms with Crippen molar-refractivity contribution in [2.45, 2.75) is 49.0 Å². The van der Waals surface area contributed by atoms with Gasteiger partial charge in [-0.1, -0.05) is 115 Å². The molecule has 3 heterocycles. The first kappa shape index (κ1) is 40.0. The number of carbonyl (C=O) groups is 4. The van der Waals surface area contributed by atoms with Crippen molar-refractivity contribution >= 4 is 29.6 Å². The lowest BCUT2D eigenvalue weighted by atomic mass is 9.65. The van der Waals surface area contributed by atoms with Crippen molar-refractivity contribution in [1.82, 2.24) is 10.2 Å². The van der Waals surface area contributed by atoms with Gasteiger partial charge in [0.15, 0.2) is 0 Å². The Morgan fingerprint density at radius 1 is 0.817 bits per heavy atom. The van der Waals surface area contributed by atoms with Gasteiger partial charge in [0, 0.05) is 12.0 Å². The van der Waals surface area contributed by atoms with E-state index in [-0.39, 0.29) is 37.5 Å². The molecule has 304 valence electrons. The number of aliphatic hydroxyl groups excluding tert-OH is 2. The summed E-state index contributed by atoms with van der Waals surface area (Å²) in [6, 6.07) is 34.4. The van der Waals surface area contributed by atoms with Gasteiger partial charge in [0.2, 0.25) is 5.91 Å². The maximum absolute atomic E-state index is 16.0. The molecule has 2 saturated heterocycles. The summed E-state index contributed by atoms with van der Waals surface area (Å²) in [6.45, 7) is 1.29. The van der Waals surface area contributed by atoms with Gasteiger partial charge in [-0.2, -0.15) is 0 Å². The van der Waals surface area contributed by atoms with Gasteiger partial charge in [0.05, 0.1) is 37.0 Å². The van der Waals surface area contributed by atoms with E-state index in [1.54, 1.807) is 54.3 Å². The van der Waals surface area contributed by atoms with Gasteiger partial charge >= 0.3 is 18.0 Å². The number of benzene rings is 5.